The van der Waals surface area contributed by atoms with Crippen molar-refractivity contribution in [3.8, 4) is 0 Å². The maximum Gasteiger partial charge on any atom is 0.300 e. The van der Waals surface area contributed by atoms with Gasteiger partial charge in [0.1, 0.15) is 0 Å². The van der Waals surface area contributed by atoms with Crippen LogP contribution in [0.1, 0.15) is 0 Å². The quantitative estimate of drug-likeness (QED) is 0.522. The van der Waals surface area contributed by atoms with E-state index in [9.17, 15) is 0 Å². The maximum absolute atomic E-state index is 6.02. The molecule has 0 atom stereocenters. The summed E-state index contributed by atoms with van der Waals surface area (Å²) in [4.78, 5) is 0. The smallest absolute Gasteiger partial charge is 0.300 e. The molecule has 0 N–H and O–H groups in total. The van der Waals surface area contributed by atoms with Crippen molar-refractivity contribution in [2.45, 2.75) is 58.9 Å². The standard InChI is InChI=1S/C9H27O3PSi3/c1-14(2,3)10-13(11-15(4,5)6)12-16(7,8)9/h1-9H3. The van der Waals surface area contributed by atoms with Crippen LogP contribution >= 0.6 is 8.60 Å². The van der Waals surface area contributed by atoms with E-state index in [1.165, 1.54) is 0 Å². The van der Waals surface area contributed by atoms with Crippen molar-refractivity contribution in [3.63, 3.8) is 0 Å². The highest BCUT2D eigenvalue weighted by Crippen LogP contribution is 2.47. The molecule has 3 nitrogen and oxygen atoms in total. The van der Waals surface area contributed by atoms with E-state index in [1.54, 1.807) is 0 Å². The minimum atomic E-state index is -1.60. The highest BCUT2D eigenvalue weighted by Gasteiger charge is 2.32. The lowest BCUT2D eigenvalue weighted by molar-refractivity contribution is 0.383. The molecule has 0 aromatic heterocycles. The SMILES string of the molecule is C[Si](C)(C)OP(O[Si](C)(C)C)O[Si](C)(C)C. The Hall–Kier alpha value is 0.961. The molecule has 16 heavy (non-hydrogen) atoms. The minimum absolute atomic E-state index is 1.14. The highest BCUT2D eigenvalue weighted by atomic mass is 31.2. The van der Waals surface area contributed by atoms with Crippen LogP contribution < -0.4 is 0 Å². The van der Waals surface area contributed by atoms with Gasteiger partial charge in [0.25, 0.3) is 8.60 Å². The third-order valence-corrected chi connectivity index (χ3v) is 9.41. The Morgan fingerprint density at radius 2 is 0.688 bits per heavy atom. The molecular formula is C9H27O3PSi3. The first-order valence-corrected chi connectivity index (χ1v) is 17.0. The molecule has 0 radical (unpaired) electrons. The first-order valence-electron chi connectivity index (χ1n) is 5.66. The molecule has 0 aliphatic carbocycles. The Morgan fingerprint density at radius 3 is 0.812 bits per heavy atom. The van der Waals surface area contributed by atoms with Gasteiger partial charge in [-0.15, -0.1) is 0 Å². The van der Waals surface area contributed by atoms with Gasteiger partial charge in [0, 0.05) is 0 Å². The summed E-state index contributed by atoms with van der Waals surface area (Å²) in [6, 6.07) is 0. The predicted molar refractivity (Wildman–Crippen MR) is 80.2 cm³/mol. The third-order valence-electron chi connectivity index (χ3n) is 1.05. The molecule has 0 rings (SSSR count). The Morgan fingerprint density at radius 1 is 0.500 bits per heavy atom. The summed E-state index contributed by atoms with van der Waals surface area (Å²) in [7, 11) is -5.93. The predicted octanol–water partition coefficient (Wildman–Crippen LogP) is 4.77. The summed E-state index contributed by atoms with van der Waals surface area (Å²) in [5.74, 6) is 0. The molecule has 0 spiro atoms. The van der Waals surface area contributed by atoms with Gasteiger partial charge in [-0.25, -0.2) is 0 Å². The van der Waals surface area contributed by atoms with Gasteiger partial charge < -0.3 is 12.6 Å². The Balaban J connectivity index is 4.53. The molecule has 0 unspecified atom stereocenters. The lowest BCUT2D eigenvalue weighted by atomic mass is 11.8. The second-order valence-electron chi connectivity index (χ2n) is 6.83. The molecule has 7 heteroatoms. The van der Waals surface area contributed by atoms with E-state index in [4.69, 9.17) is 12.6 Å². The average Bonchev–Trinajstić information content (AvgIpc) is 1.70. The molecule has 0 aromatic rings. The van der Waals surface area contributed by atoms with Crippen LogP contribution in [-0.2, 0) is 12.6 Å². The Kier molecular flexibility index (Phi) is 6.08. The fraction of sp³-hybridized carbons (Fsp3) is 1.00. The van der Waals surface area contributed by atoms with Crippen LogP contribution in [0.4, 0.5) is 0 Å². The molecule has 98 valence electrons. The average molecular weight is 299 g/mol. The summed E-state index contributed by atoms with van der Waals surface area (Å²) >= 11 is 0. The normalized spacial score (nSPS) is 14.6. The van der Waals surface area contributed by atoms with Crippen LogP contribution in [-0.4, -0.2) is 25.0 Å². The molecule has 0 fully saturated rings. The van der Waals surface area contributed by atoms with Crippen LogP contribution in [0.3, 0.4) is 0 Å². The van der Waals surface area contributed by atoms with Crippen molar-refractivity contribution in [1.29, 1.82) is 0 Å². The van der Waals surface area contributed by atoms with Gasteiger partial charge in [-0.05, 0) is 58.9 Å². The van der Waals surface area contributed by atoms with Crippen LogP contribution in [0.5, 0.6) is 0 Å². The van der Waals surface area contributed by atoms with Gasteiger partial charge in [0.2, 0.25) is 0 Å². The van der Waals surface area contributed by atoms with E-state index in [0.717, 1.165) is 0 Å². The Bertz CT molecular complexity index is 179. The van der Waals surface area contributed by atoms with Crippen molar-refractivity contribution in [3.05, 3.63) is 0 Å². The fourth-order valence-corrected chi connectivity index (χ4v) is 7.55. The second-order valence-corrected chi connectivity index (χ2v) is 22.1. The molecule has 0 aromatic carbocycles. The minimum Gasteiger partial charge on any atom is -0.356 e. The number of rotatable bonds is 6. The van der Waals surface area contributed by atoms with Crippen molar-refractivity contribution in [1.82, 2.24) is 0 Å². The molecule has 0 amide bonds. The van der Waals surface area contributed by atoms with Gasteiger partial charge in [-0.3, -0.25) is 0 Å². The molecule has 0 aliphatic rings. The van der Waals surface area contributed by atoms with Gasteiger partial charge in [-0.1, -0.05) is 0 Å². The van der Waals surface area contributed by atoms with Crippen LogP contribution in [0.2, 0.25) is 58.9 Å². The van der Waals surface area contributed by atoms with Crippen molar-refractivity contribution >= 4 is 33.6 Å². The van der Waals surface area contributed by atoms with Crippen molar-refractivity contribution in [2.24, 2.45) is 0 Å². The van der Waals surface area contributed by atoms with E-state index < -0.39 is 33.6 Å². The van der Waals surface area contributed by atoms with Gasteiger partial charge in [0.15, 0.2) is 25.0 Å². The topological polar surface area (TPSA) is 27.7 Å². The molecule has 0 heterocycles. The van der Waals surface area contributed by atoms with Gasteiger partial charge in [0.05, 0.1) is 0 Å². The zero-order valence-corrected chi connectivity index (χ0v) is 16.1. The second kappa shape index (κ2) is 5.73. The number of hydrogen-bond donors (Lipinski definition) is 0. The molecule has 0 bridgehead atoms. The first kappa shape index (κ1) is 17.0. The summed E-state index contributed by atoms with van der Waals surface area (Å²) in [5, 5.41) is 0. The zero-order chi connectivity index (χ0) is 13.2. The fourth-order valence-electron chi connectivity index (χ4n) is 0.727. The molecule has 0 saturated heterocycles. The number of hydrogen-bond acceptors (Lipinski definition) is 3. The van der Waals surface area contributed by atoms with Crippen molar-refractivity contribution in [2.75, 3.05) is 0 Å². The van der Waals surface area contributed by atoms with Crippen LogP contribution in [0.25, 0.3) is 0 Å². The van der Waals surface area contributed by atoms with E-state index in [1.807, 2.05) is 0 Å². The summed E-state index contributed by atoms with van der Waals surface area (Å²) in [6.07, 6.45) is 0. The maximum atomic E-state index is 6.02. The van der Waals surface area contributed by atoms with Gasteiger partial charge in [-0.2, -0.15) is 0 Å². The monoisotopic (exact) mass is 298 g/mol. The lowest BCUT2D eigenvalue weighted by Crippen LogP contribution is -2.32. The largest absolute Gasteiger partial charge is 0.356 e. The van der Waals surface area contributed by atoms with E-state index >= 15 is 0 Å². The van der Waals surface area contributed by atoms with E-state index in [2.05, 4.69) is 58.9 Å². The summed E-state index contributed by atoms with van der Waals surface area (Å²) < 4.78 is 18.1. The Labute approximate surface area is 105 Å². The molecule has 0 saturated carbocycles. The van der Waals surface area contributed by atoms with E-state index in [-0.39, 0.29) is 0 Å². The zero-order valence-electron chi connectivity index (χ0n) is 12.2. The summed E-state index contributed by atoms with van der Waals surface area (Å²) in [5.41, 5.74) is 0. The first-order chi connectivity index (χ1) is 6.79. The van der Waals surface area contributed by atoms with Gasteiger partial charge >= 0.3 is 0 Å². The molecule has 0 aliphatic heterocycles. The highest BCUT2D eigenvalue weighted by molar-refractivity contribution is 7.47. The summed E-state index contributed by atoms with van der Waals surface area (Å²) in [6.45, 7) is 19.5. The van der Waals surface area contributed by atoms with Crippen molar-refractivity contribution < 1.29 is 12.6 Å². The third kappa shape index (κ3) is 11.4. The van der Waals surface area contributed by atoms with Crippen LogP contribution in [0, 0.1) is 0 Å². The van der Waals surface area contributed by atoms with Crippen LogP contribution in [0.15, 0.2) is 0 Å². The van der Waals surface area contributed by atoms with E-state index in [0.29, 0.717) is 0 Å². The lowest BCUT2D eigenvalue weighted by Gasteiger charge is -2.32. The molecular weight excluding hydrogens is 271 g/mol.